The molecule has 0 aliphatic heterocycles. The molecule has 1 aromatic heterocycles. The van der Waals surface area contributed by atoms with Crippen molar-refractivity contribution in [2.75, 3.05) is 0 Å². The molecule has 6 heteroatoms. The number of nitrogens with one attached hydrogen (secondary N) is 2. The quantitative estimate of drug-likeness (QED) is 0.744. The summed E-state index contributed by atoms with van der Waals surface area (Å²) in [6.07, 6.45) is 2.04. The zero-order chi connectivity index (χ0) is 13.1. The van der Waals surface area contributed by atoms with Crippen molar-refractivity contribution in [3.63, 3.8) is 0 Å². The predicted octanol–water partition coefficient (Wildman–Crippen LogP) is 1.30. The topological polar surface area (TPSA) is 82.2 Å². The summed E-state index contributed by atoms with van der Waals surface area (Å²) in [5.41, 5.74) is 1.84. The Morgan fingerprint density at radius 1 is 1.37 bits per heavy atom. The molecule has 1 heterocycles. The molecule has 1 atom stereocenters. The molecule has 1 aromatic carbocycles. The fourth-order valence-electron chi connectivity index (χ4n) is 1.97. The van der Waals surface area contributed by atoms with Crippen LogP contribution in [0.15, 0.2) is 30.5 Å². The molecule has 0 spiro atoms. The van der Waals surface area contributed by atoms with Crippen molar-refractivity contribution >= 4 is 22.8 Å². The zero-order valence-electron chi connectivity index (χ0n) is 10.6. The smallest absolute Gasteiger partial charge is 0.480 e. The van der Waals surface area contributed by atoms with Gasteiger partial charge in [0.05, 0.1) is 0 Å². The van der Waals surface area contributed by atoms with Crippen LogP contribution in [0.2, 0.25) is 0 Å². The van der Waals surface area contributed by atoms with Gasteiger partial charge in [-0.15, -0.1) is 0 Å². The minimum Gasteiger partial charge on any atom is -0.480 e. The molecule has 1 amide bonds. The van der Waals surface area contributed by atoms with Crippen LogP contribution < -0.4 is 5.32 Å². The van der Waals surface area contributed by atoms with Gasteiger partial charge < -0.3 is 15.4 Å². The Kier molecular flexibility index (Phi) is 5.24. The summed E-state index contributed by atoms with van der Waals surface area (Å²) >= 11 is 0. The Labute approximate surface area is 123 Å². The van der Waals surface area contributed by atoms with Crippen LogP contribution in [0.5, 0.6) is 0 Å². The number of hydrogen-bond donors (Lipinski definition) is 3. The number of amides is 1. The Morgan fingerprint density at radius 2 is 2.05 bits per heavy atom. The van der Waals surface area contributed by atoms with Gasteiger partial charge in [0.25, 0.3) is 0 Å². The van der Waals surface area contributed by atoms with Gasteiger partial charge in [0.15, 0.2) is 0 Å². The number of hydrogen-bond acceptors (Lipinski definition) is 2. The van der Waals surface area contributed by atoms with Gasteiger partial charge in [0.2, 0.25) is 5.91 Å². The number of carboxylic acid groups (broad SMARTS) is 1. The van der Waals surface area contributed by atoms with Crippen molar-refractivity contribution < 1.29 is 34.2 Å². The van der Waals surface area contributed by atoms with E-state index in [9.17, 15) is 9.59 Å². The minimum absolute atomic E-state index is 0. The summed E-state index contributed by atoms with van der Waals surface area (Å²) in [5, 5.41) is 12.5. The van der Waals surface area contributed by atoms with Gasteiger partial charge in [0, 0.05) is 30.4 Å². The van der Waals surface area contributed by atoms with Crippen LogP contribution in [-0.2, 0) is 35.5 Å². The molecular weight excluding hydrogens is 298 g/mol. The molecule has 0 aliphatic rings. The standard InChI is InChI=1S/C13H14N2O3.Zn/c1-8(16)15-12(13(17)18)6-9-7-14-11-5-3-2-4-10(9)11;/h2-5,7,12,14H,6H2,1H3,(H,15,16)(H,17,18);/q;+2. The second kappa shape index (κ2) is 6.48. The summed E-state index contributed by atoms with van der Waals surface area (Å²) in [4.78, 5) is 25.1. The number of aromatic nitrogens is 1. The maximum absolute atomic E-state index is 11.1. The summed E-state index contributed by atoms with van der Waals surface area (Å²) in [6.45, 7) is 1.31. The van der Waals surface area contributed by atoms with Gasteiger partial charge in [-0.1, -0.05) is 18.2 Å². The molecule has 1 unspecified atom stereocenters. The van der Waals surface area contributed by atoms with Gasteiger partial charge >= 0.3 is 25.4 Å². The number of benzene rings is 1. The van der Waals surface area contributed by atoms with E-state index < -0.39 is 12.0 Å². The third kappa shape index (κ3) is 3.64. The van der Waals surface area contributed by atoms with E-state index in [4.69, 9.17) is 5.11 Å². The van der Waals surface area contributed by atoms with E-state index in [1.165, 1.54) is 6.92 Å². The zero-order valence-corrected chi connectivity index (χ0v) is 13.6. The van der Waals surface area contributed by atoms with Gasteiger partial charge in [-0.05, 0) is 11.6 Å². The third-order valence-corrected chi connectivity index (χ3v) is 2.77. The normalized spacial score (nSPS) is 11.6. The minimum atomic E-state index is -1.03. The van der Waals surface area contributed by atoms with E-state index in [1.54, 1.807) is 6.20 Å². The number of carboxylic acids is 1. The van der Waals surface area contributed by atoms with Crippen molar-refractivity contribution in [3.05, 3.63) is 36.0 Å². The Hall–Kier alpha value is -1.68. The Morgan fingerprint density at radius 3 is 2.68 bits per heavy atom. The first-order chi connectivity index (χ1) is 8.58. The van der Waals surface area contributed by atoms with E-state index in [1.807, 2.05) is 24.3 Å². The number of aliphatic carboxylic acids is 1. The van der Waals surface area contributed by atoms with Crippen molar-refractivity contribution in [1.29, 1.82) is 0 Å². The largest absolute Gasteiger partial charge is 2.00 e. The number of carbonyl (C=O) groups excluding carboxylic acids is 1. The number of aromatic amines is 1. The summed E-state index contributed by atoms with van der Waals surface area (Å²) in [6, 6.07) is 6.75. The Balaban J connectivity index is 0.00000180. The van der Waals surface area contributed by atoms with Crippen molar-refractivity contribution in [1.82, 2.24) is 10.3 Å². The number of H-pyrrole nitrogens is 1. The van der Waals surface area contributed by atoms with Gasteiger partial charge in [0.1, 0.15) is 6.04 Å². The van der Waals surface area contributed by atoms with E-state index in [0.29, 0.717) is 0 Å². The number of fused-ring (bicyclic) bond motifs is 1. The summed E-state index contributed by atoms with van der Waals surface area (Å²) < 4.78 is 0. The molecule has 0 saturated carbocycles. The first-order valence-corrected chi connectivity index (χ1v) is 5.63. The van der Waals surface area contributed by atoms with Crippen LogP contribution in [0.4, 0.5) is 0 Å². The molecule has 0 radical (unpaired) electrons. The molecule has 0 saturated heterocycles. The molecule has 0 aliphatic carbocycles. The van der Waals surface area contributed by atoms with Gasteiger partial charge in [-0.25, -0.2) is 4.79 Å². The van der Waals surface area contributed by atoms with Crippen LogP contribution in [-0.4, -0.2) is 28.0 Å². The van der Waals surface area contributed by atoms with E-state index in [-0.39, 0.29) is 31.8 Å². The number of para-hydroxylation sites is 1. The van der Waals surface area contributed by atoms with Crippen LogP contribution in [0.1, 0.15) is 12.5 Å². The van der Waals surface area contributed by atoms with Gasteiger partial charge in [-0.3, -0.25) is 4.79 Å². The molecule has 5 nitrogen and oxygen atoms in total. The fraction of sp³-hybridized carbons (Fsp3) is 0.231. The first-order valence-electron chi connectivity index (χ1n) is 5.63. The van der Waals surface area contributed by atoms with E-state index in [0.717, 1.165) is 16.5 Å². The van der Waals surface area contributed by atoms with Crippen molar-refractivity contribution in [2.45, 2.75) is 19.4 Å². The molecule has 3 N–H and O–H groups in total. The van der Waals surface area contributed by atoms with Crippen molar-refractivity contribution in [2.24, 2.45) is 0 Å². The molecule has 2 aromatic rings. The number of rotatable bonds is 4. The third-order valence-electron chi connectivity index (χ3n) is 2.77. The summed E-state index contributed by atoms with van der Waals surface area (Å²) in [7, 11) is 0. The van der Waals surface area contributed by atoms with Crippen LogP contribution >= 0.6 is 0 Å². The second-order valence-corrected chi connectivity index (χ2v) is 4.15. The SMILES string of the molecule is CC(=O)NC(Cc1c[nH]c2ccccc12)C(=O)O.[Zn+2]. The van der Waals surface area contributed by atoms with E-state index in [2.05, 4.69) is 10.3 Å². The first kappa shape index (κ1) is 15.4. The monoisotopic (exact) mass is 310 g/mol. The molecule has 94 valence electrons. The molecular formula is C13H14N2O3Zn+2. The van der Waals surface area contributed by atoms with E-state index >= 15 is 0 Å². The maximum atomic E-state index is 11.1. The maximum Gasteiger partial charge on any atom is 2.00 e. The summed E-state index contributed by atoms with van der Waals surface area (Å²) in [5.74, 6) is -1.38. The van der Waals surface area contributed by atoms with Crippen molar-refractivity contribution in [3.8, 4) is 0 Å². The number of carbonyl (C=O) groups is 2. The van der Waals surface area contributed by atoms with Crippen LogP contribution in [0.25, 0.3) is 10.9 Å². The second-order valence-electron chi connectivity index (χ2n) is 4.15. The molecule has 0 fully saturated rings. The molecule has 2 rings (SSSR count). The van der Waals surface area contributed by atoms with Crippen LogP contribution in [0.3, 0.4) is 0 Å². The predicted molar refractivity (Wildman–Crippen MR) is 67.2 cm³/mol. The average Bonchev–Trinajstić information content (AvgIpc) is 2.71. The molecule has 0 bridgehead atoms. The fourth-order valence-corrected chi connectivity index (χ4v) is 1.97. The average molecular weight is 312 g/mol. The molecule has 19 heavy (non-hydrogen) atoms. The van der Waals surface area contributed by atoms with Gasteiger partial charge in [-0.2, -0.15) is 0 Å². The Bertz CT molecular complexity index is 594. The van der Waals surface area contributed by atoms with Crippen LogP contribution in [0, 0.1) is 0 Å².